The number of hydrogen-bond acceptors (Lipinski definition) is 3. The lowest BCUT2D eigenvalue weighted by Crippen LogP contribution is -2.47. The van der Waals surface area contributed by atoms with Crippen molar-refractivity contribution >= 4 is 29.3 Å². The van der Waals surface area contributed by atoms with Crippen LogP contribution >= 0.6 is 12.4 Å². The van der Waals surface area contributed by atoms with Gasteiger partial charge in [0.25, 0.3) is 0 Å². The van der Waals surface area contributed by atoms with Crippen molar-refractivity contribution in [1.29, 1.82) is 0 Å². The van der Waals surface area contributed by atoms with Crippen LogP contribution in [0.5, 0.6) is 0 Å². The smallest absolute Gasteiger partial charge is 0.325 e. The summed E-state index contributed by atoms with van der Waals surface area (Å²) in [4.78, 5) is 14.7. The number of nitrogens with two attached hydrogens (primary N) is 1. The van der Waals surface area contributed by atoms with E-state index in [2.05, 4.69) is 4.98 Å². The molecule has 18 heavy (non-hydrogen) atoms. The van der Waals surface area contributed by atoms with Gasteiger partial charge in [-0.2, -0.15) is 0 Å². The van der Waals surface area contributed by atoms with E-state index in [1.807, 2.05) is 30.5 Å². The third-order valence-electron chi connectivity index (χ3n) is 2.88. The molecule has 3 N–H and O–H groups in total. The molecule has 0 aliphatic carbocycles. The lowest BCUT2D eigenvalue weighted by molar-refractivity contribution is -0.146. The van der Waals surface area contributed by atoms with Gasteiger partial charge in [0.15, 0.2) is 0 Å². The SMILES string of the molecule is COC(=O)[C@@](C)(N)Cc1c[nH]c2ccccc12.Cl. The Bertz CT molecular complexity index is 549. The highest BCUT2D eigenvalue weighted by atomic mass is 35.5. The molecule has 0 fully saturated rings. The molecular weight excluding hydrogens is 252 g/mol. The number of carbonyl (C=O) groups excluding carboxylic acids is 1. The number of aromatic amines is 1. The molecule has 4 nitrogen and oxygen atoms in total. The van der Waals surface area contributed by atoms with Crippen molar-refractivity contribution in [3.63, 3.8) is 0 Å². The zero-order chi connectivity index (χ0) is 12.5. The van der Waals surface area contributed by atoms with E-state index in [4.69, 9.17) is 10.5 Å². The predicted octanol–water partition coefficient (Wildman–Crippen LogP) is 2.02. The molecular formula is C13H17ClN2O2. The van der Waals surface area contributed by atoms with Gasteiger partial charge in [-0.05, 0) is 18.6 Å². The fourth-order valence-corrected chi connectivity index (χ4v) is 1.98. The first-order valence-corrected chi connectivity index (χ1v) is 5.47. The average molecular weight is 269 g/mol. The van der Waals surface area contributed by atoms with E-state index in [1.165, 1.54) is 7.11 Å². The summed E-state index contributed by atoms with van der Waals surface area (Å²) < 4.78 is 4.70. The maximum absolute atomic E-state index is 11.5. The first kappa shape index (κ1) is 14.5. The zero-order valence-electron chi connectivity index (χ0n) is 10.4. The molecule has 98 valence electrons. The van der Waals surface area contributed by atoms with Crippen LogP contribution in [0, 0.1) is 0 Å². The second-order valence-corrected chi connectivity index (χ2v) is 4.45. The van der Waals surface area contributed by atoms with Crippen LogP contribution in [0.4, 0.5) is 0 Å². The van der Waals surface area contributed by atoms with E-state index in [9.17, 15) is 4.79 Å². The Morgan fingerprint density at radius 3 is 2.78 bits per heavy atom. The van der Waals surface area contributed by atoms with Crippen LogP contribution < -0.4 is 5.73 Å². The van der Waals surface area contributed by atoms with Gasteiger partial charge in [0.1, 0.15) is 5.54 Å². The van der Waals surface area contributed by atoms with E-state index in [-0.39, 0.29) is 12.4 Å². The summed E-state index contributed by atoms with van der Waals surface area (Å²) in [7, 11) is 1.35. The van der Waals surface area contributed by atoms with Gasteiger partial charge in [-0.25, -0.2) is 0 Å². The van der Waals surface area contributed by atoms with Gasteiger partial charge < -0.3 is 15.5 Å². The summed E-state index contributed by atoms with van der Waals surface area (Å²) in [6.45, 7) is 1.68. The molecule has 1 aromatic carbocycles. The Hall–Kier alpha value is -1.52. The second kappa shape index (κ2) is 5.42. The number of methoxy groups -OCH3 is 1. The van der Waals surface area contributed by atoms with E-state index in [0.717, 1.165) is 16.5 Å². The number of fused-ring (bicyclic) bond motifs is 1. The van der Waals surface area contributed by atoms with Crippen molar-refractivity contribution in [3.05, 3.63) is 36.0 Å². The van der Waals surface area contributed by atoms with Crippen molar-refractivity contribution in [3.8, 4) is 0 Å². The highest BCUT2D eigenvalue weighted by molar-refractivity contribution is 5.86. The monoisotopic (exact) mass is 268 g/mol. The third-order valence-corrected chi connectivity index (χ3v) is 2.88. The van der Waals surface area contributed by atoms with Crippen LogP contribution in [0.15, 0.2) is 30.5 Å². The molecule has 0 bridgehead atoms. The highest BCUT2D eigenvalue weighted by Gasteiger charge is 2.30. The summed E-state index contributed by atoms with van der Waals surface area (Å²) in [5.41, 5.74) is 7.03. The number of esters is 1. The Kier molecular flexibility index (Phi) is 4.38. The van der Waals surface area contributed by atoms with Crippen molar-refractivity contribution in [2.45, 2.75) is 18.9 Å². The van der Waals surface area contributed by atoms with Gasteiger partial charge in [0.05, 0.1) is 7.11 Å². The molecule has 0 saturated heterocycles. The molecule has 1 aromatic heterocycles. The molecule has 0 amide bonds. The molecule has 0 aliphatic rings. The van der Waals surface area contributed by atoms with Crippen molar-refractivity contribution in [1.82, 2.24) is 4.98 Å². The third kappa shape index (κ3) is 2.66. The molecule has 0 unspecified atom stereocenters. The number of nitrogens with one attached hydrogen (secondary N) is 1. The molecule has 0 spiro atoms. The number of aromatic nitrogens is 1. The zero-order valence-corrected chi connectivity index (χ0v) is 11.2. The average Bonchev–Trinajstić information content (AvgIpc) is 2.71. The van der Waals surface area contributed by atoms with E-state index in [0.29, 0.717) is 6.42 Å². The first-order chi connectivity index (χ1) is 8.04. The standard InChI is InChI=1S/C13H16N2O2.ClH/c1-13(14,12(16)17-2)7-9-8-15-11-6-4-3-5-10(9)11;/h3-6,8,15H,7,14H2,1-2H3;1H/t13-;/m0./s1. The number of halogens is 1. The molecule has 0 radical (unpaired) electrons. The van der Waals surface area contributed by atoms with Gasteiger partial charge in [-0.3, -0.25) is 4.79 Å². The van der Waals surface area contributed by atoms with Crippen LogP contribution in [0.25, 0.3) is 10.9 Å². The maximum Gasteiger partial charge on any atom is 0.325 e. The quantitative estimate of drug-likeness (QED) is 0.837. The molecule has 1 heterocycles. The Morgan fingerprint density at radius 2 is 2.11 bits per heavy atom. The number of rotatable bonds is 3. The van der Waals surface area contributed by atoms with Crippen LogP contribution in [-0.2, 0) is 16.0 Å². The van der Waals surface area contributed by atoms with Gasteiger partial charge in [-0.1, -0.05) is 18.2 Å². The molecule has 2 aromatic rings. The van der Waals surface area contributed by atoms with Crippen LogP contribution in [0.1, 0.15) is 12.5 Å². The molecule has 0 aliphatic heterocycles. The summed E-state index contributed by atoms with van der Waals surface area (Å²) >= 11 is 0. The summed E-state index contributed by atoms with van der Waals surface area (Å²) in [6.07, 6.45) is 2.34. The number of ether oxygens (including phenoxy) is 1. The summed E-state index contributed by atoms with van der Waals surface area (Å²) in [5.74, 6) is -0.400. The molecule has 1 atom stereocenters. The lowest BCUT2D eigenvalue weighted by atomic mass is 9.94. The minimum Gasteiger partial charge on any atom is -0.468 e. The number of carbonyl (C=O) groups is 1. The Balaban J connectivity index is 0.00000162. The maximum atomic E-state index is 11.5. The van der Waals surface area contributed by atoms with Gasteiger partial charge in [0, 0.05) is 23.5 Å². The second-order valence-electron chi connectivity index (χ2n) is 4.45. The van der Waals surface area contributed by atoms with Gasteiger partial charge in [0.2, 0.25) is 0 Å². The minimum atomic E-state index is -1.00. The molecule has 0 saturated carbocycles. The fourth-order valence-electron chi connectivity index (χ4n) is 1.98. The van der Waals surface area contributed by atoms with Crippen molar-refractivity contribution in [2.75, 3.05) is 7.11 Å². The number of H-pyrrole nitrogens is 1. The molecule has 5 heteroatoms. The molecule has 2 rings (SSSR count). The van der Waals surface area contributed by atoms with Gasteiger partial charge in [-0.15, -0.1) is 12.4 Å². The van der Waals surface area contributed by atoms with E-state index in [1.54, 1.807) is 6.92 Å². The summed E-state index contributed by atoms with van der Waals surface area (Å²) in [6, 6.07) is 7.93. The van der Waals surface area contributed by atoms with Crippen LogP contribution in [-0.4, -0.2) is 23.6 Å². The number of benzene rings is 1. The topological polar surface area (TPSA) is 68.1 Å². The largest absolute Gasteiger partial charge is 0.468 e. The predicted molar refractivity (Wildman–Crippen MR) is 73.9 cm³/mol. The minimum absolute atomic E-state index is 0. The lowest BCUT2D eigenvalue weighted by Gasteiger charge is -2.20. The number of hydrogen-bond donors (Lipinski definition) is 2. The Labute approximate surface area is 112 Å². The van der Waals surface area contributed by atoms with Gasteiger partial charge >= 0.3 is 5.97 Å². The first-order valence-electron chi connectivity index (χ1n) is 5.47. The van der Waals surface area contributed by atoms with Crippen molar-refractivity contribution < 1.29 is 9.53 Å². The fraction of sp³-hybridized carbons (Fsp3) is 0.308. The normalized spacial score (nSPS) is 13.7. The van der Waals surface area contributed by atoms with E-state index < -0.39 is 11.5 Å². The van der Waals surface area contributed by atoms with E-state index >= 15 is 0 Å². The van der Waals surface area contributed by atoms with Crippen LogP contribution in [0.3, 0.4) is 0 Å². The van der Waals surface area contributed by atoms with Crippen molar-refractivity contribution in [2.24, 2.45) is 5.73 Å². The highest BCUT2D eigenvalue weighted by Crippen LogP contribution is 2.21. The Morgan fingerprint density at radius 1 is 1.44 bits per heavy atom. The summed E-state index contributed by atoms with van der Waals surface area (Å²) in [5, 5.41) is 1.09. The number of para-hydroxylation sites is 1. The van der Waals surface area contributed by atoms with Crippen LogP contribution in [0.2, 0.25) is 0 Å².